The van der Waals surface area contributed by atoms with Gasteiger partial charge in [0, 0.05) is 13.1 Å². The van der Waals surface area contributed by atoms with Crippen molar-refractivity contribution in [3.05, 3.63) is 0 Å². The van der Waals surface area contributed by atoms with Gasteiger partial charge in [-0.05, 0) is 18.8 Å². The molecule has 1 saturated heterocycles. The molecule has 0 radical (unpaired) electrons. The van der Waals surface area contributed by atoms with E-state index in [-0.39, 0.29) is 19.0 Å². The van der Waals surface area contributed by atoms with Crippen LogP contribution in [0.2, 0.25) is 0 Å². The maximum absolute atomic E-state index is 12.3. The second-order valence-corrected chi connectivity index (χ2v) is 7.11. The zero-order valence-corrected chi connectivity index (χ0v) is 13.2. The first-order valence-electron chi connectivity index (χ1n) is 6.77. The Bertz CT molecular complexity index is 490. The molecule has 1 aliphatic rings. The number of carboxylic acid groups (broad SMARTS) is 1. The van der Waals surface area contributed by atoms with Gasteiger partial charge in [-0.2, -0.15) is 17.4 Å². The number of carbonyl (C=O) groups excluding carboxylic acids is 1. The third-order valence-electron chi connectivity index (χ3n) is 3.47. The summed E-state index contributed by atoms with van der Waals surface area (Å²) in [6.07, 6.45) is 0.925. The summed E-state index contributed by atoms with van der Waals surface area (Å²) in [6.45, 7) is 3.54. The summed E-state index contributed by atoms with van der Waals surface area (Å²) >= 11 is 0. The van der Waals surface area contributed by atoms with Crippen LogP contribution in [-0.4, -0.2) is 56.0 Å². The van der Waals surface area contributed by atoms with Crippen molar-refractivity contribution in [2.24, 2.45) is 11.8 Å². The summed E-state index contributed by atoms with van der Waals surface area (Å²) in [5, 5.41) is 9.00. The highest BCUT2D eigenvalue weighted by molar-refractivity contribution is 7.87. The summed E-state index contributed by atoms with van der Waals surface area (Å²) in [7, 11) is -2.74. The van der Waals surface area contributed by atoms with E-state index < -0.39 is 34.1 Å². The van der Waals surface area contributed by atoms with Gasteiger partial charge in [0.1, 0.15) is 6.04 Å². The molecule has 9 heteroatoms. The number of esters is 1. The molecule has 1 heterocycles. The lowest BCUT2D eigenvalue weighted by molar-refractivity contribution is -0.144. The van der Waals surface area contributed by atoms with Crippen LogP contribution in [0, 0.1) is 11.8 Å². The zero-order valence-electron chi connectivity index (χ0n) is 12.4. The molecule has 0 saturated carbocycles. The molecule has 0 aromatic carbocycles. The molecular formula is C12H22N2O6S. The van der Waals surface area contributed by atoms with Crippen LogP contribution >= 0.6 is 0 Å². The first-order valence-corrected chi connectivity index (χ1v) is 8.21. The number of nitrogens with one attached hydrogen (secondary N) is 1. The molecule has 1 aliphatic heterocycles. The molecule has 0 aromatic rings. The van der Waals surface area contributed by atoms with Gasteiger partial charge in [-0.3, -0.25) is 9.59 Å². The van der Waals surface area contributed by atoms with Crippen molar-refractivity contribution >= 4 is 22.1 Å². The monoisotopic (exact) mass is 322 g/mol. The summed E-state index contributed by atoms with van der Waals surface area (Å²) in [6, 6.07) is -0.995. The zero-order chi connectivity index (χ0) is 16.2. The minimum absolute atomic E-state index is 0.0867. The van der Waals surface area contributed by atoms with Crippen LogP contribution < -0.4 is 4.72 Å². The van der Waals surface area contributed by atoms with Gasteiger partial charge in [0.15, 0.2) is 0 Å². The standard InChI is InChI=1S/C12H22N2O6S/c1-8(2)10(12(17)20-3)13-21(18,19)14-6-4-5-9(7-14)11(15)16/h8-10,13H,4-7H2,1-3H3,(H,15,16). The van der Waals surface area contributed by atoms with Crippen molar-refractivity contribution < 1.29 is 27.9 Å². The average Bonchev–Trinajstić information content (AvgIpc) is 2.43. The fraction of sp³-hybridized carbons (Fsp3) is 0.833. The van der Waals surface area contributed by atoms with Crippen molar-refractivity contribution in [2.45, 2.75) is 32.7 Å². The van der Waals surface area contributed by atoms with Gasteiger partial charge in [0.05, 0.1) is 13.0 Å². The summed E-state index contributed by atoms with van der Waals surface area (Å²) in [4.78, 5) is 22.6. The lowest BCUT2D eigenvalue weighted by Gasteiger charge is -2.31. The van der Waals surface area contributed by atoms with Gasteiger partial charge < -0.3 is 9.84 Å². The van der Waals surface area contributed by atoms with E-state index in [0.29, 0.717) is 12.8 Å². The number of piperidine rings is 1. The van der Waals surface area contributed by atoms with Gasteiger partial charge >= 0.3 is 11.9 Å². The number of ether oxygens (including phenoxy) is 1. The predicted octanol–water partition coefficient (Wildman–Crippen LogP) is -0.185. The lowest BCUT2D eigenvalue weighted by Crippen LogP contribution is -2.53. The molecule has 122 valence electrons. The van der Waals surface area contributed by atoms with E-state index in [0.717, 1.165) is 4.31 Å². The molecule has 2 N–H and O–H groups in total. The smallest absolute Gasteiger partial charge is 0.324 e. The predicted molar refractivity (Wildman–Crippen MR) is 74.6 cm³/mol. The van der Waals surface area contributed by atoms with E-state index in [1.54, 1.807) is 13.8 Å². The number of nitrogens with zero attached hydrogens (tertiary/aromatic N) is 1. The largest absolute Gasteiger partial charge is 0.481 e. The Balaban J connectivity index is 2.84. The Morgan fingerprint density at radius 2 is 2.00 bits per heavy atom. The van der Waals surface area contributed by atoms with E-state index in [2.05, 4.69) is 9.46 Å². The summed E-state index contributed by atoms with van der Waals surface area (Å²) < 4.78 is 32.6. The van der Waals surface area contributed by atoms with E-state index in [9.17, 15) is 18.0 Å². The maximum atomic E-state index is 12.3. The van der Waals surface area contributed by atoms with Crippen molar-refractivity contribution in [1.82, 2.24) is 9.03 Å². The number of carboxylic acids is 1. The Kier molecular flexibility index (Phi) is 6.11. The van der Waals surface area contributed by atoms with Gasteiger partial charge in [-0.25, -0.2) is 0 Å². The molecule has 0 aromatic heterocycles. The van der Waals surface area contributed by atoms with Crippen LogP contribution in [0.5, 0.6) is 0 Å². The molecule has 8 nitrogen and oxygen atoms in total. The van der Waals surface area contributed by atoms with Crippen molar-refractivity contribution in [3.8, 4) is 0 Å². The molecule has 0 amide bonds. The lowest BCUT2D eigenvalue weighted by atomic mass is 10.0. The van der Waals surface area contributed by atoms with Crippen molar-refractivity contribution in [3.63, 3.8) is 0 Å². The number of aliphatic carboxylic acids is 1. The highest BCUT2D eigenvalue weighted by atomic mass is 32.2. The minimum atomic E-state index is -3.93. The Labute approximate surface area is 124 Å². The first kappa shape index (κ1) is 17.9. The van der Waals surface area contributed by atoms with Crippen LogP contribution in [0.15, 0.2) is 0 Å². The Hall–Kier alpha value is -1.19. The number of hydrogen-bond donors (Lipinski definition) is 2. The Morgan fingerprint density at radius 3 is 2.48 bits per heavy atom. The van der Waals surface area contributed by atoms with Crippen LogP contribution in [0.3, 0.4) is 0 Å². The molecule has 2 atom stereocenters. The third kappa shape index (κ3) is 4.65. The van der Waals surface area contributed by atoms with Crippen LogP contribution in [-0.2, 0) is 24.5 Å². The van der Waals surface area contributed by atoms with E-state index in [4.69, 9.17) is 5.11 Å². The fourth-order valence-corrected chi connectivity index (χ4v) is 3.76. The summed E-state index contributed by atoms with van der Waals surface area (Å²) in [5.74, 6) is -2.68. The van der Waals surface area contributed by atoms with Gasteiger partial charge in [-0.15, -0.1) is 0 Å². The molecule has 1 fully saturated rings. The SMILES string of the molecule is COC(=O)C(NS(=O)(=O)N1CCCC(C(=O)O)C1)C(C)C. The van der Waals surface area contributed by atoms with Crippen molar-refractivity contribution in [1.29, 1.82) is 0 Å². The molecule has 21 heavy (non-hydrogen) atoms. The number of rotatable bonds is 6. The van der Waals surface area contributed by atoms with Crippen LogP contribution in [0.4, 0.5) is 0 Å². The average molecular weight is 322 g/mol. The molecule has 0 spiro atoms. The van der Waals surface area contributed by atoms with Gasteiger partial charge in [0.25, 0.3) is 10.2 Å². The molecule has 1 rings (SSSR count). The molecular weight excluding hydrogens is 300 g/mol. The highest BCUT2D eigenvalue weighted by Crippen LogP contribution is 2.19. The van der Waals surface area contributed by atoms with E-state index in [1.807, 2.05) is 0 Å². The summed E-state index contributed by atoms with van der Waals surface area (Å²) in [5.41, 5.74) is 0. The third-order valence-corrected chi connectivity index (χ3v) is 5.03. The topological polar surface area (TPSA) is 113 Å². The fourth-order valence-electron chi connectivity index (χ4n) is 2.18. The quantitative estimate of drug-likeness (QED) is 0.656. The maximum Gasteiger partial charge on any atom is 0.324 e. The van der Waals surface area contributed by atoms with E-state index in [1.165, 1.54) is 7.11 Å². The number of hydrogen-bond acceptors (Lipinski definition) is 5. The van der Waals surface area contributed by atoms with Gasteiger partial charge in [0.2, 0.25) is 0 Å². The second-order valence-electron chi connectivity index (χ2n) is 5.40. The highest BCUT2D eigenvalue weighted by Gasteiger charge is 2.36. The minimum Gasteiger partial charge on any atom is -0.481 e. The van der Waals surface area contributed by atoms with Gasteiger partial charge in [-0.1, -0.05) is 13.8 Å². The van der Waals surface area contributed by atoms with E-state index >= 15 is 0 Å². The normalized spacial score (nSPS) is 22.0. The van der Waals surface area contributed by atoms with Crippen LogP contribution in [0.25, 0.3) is 0 Å². The van der Waals surface area contributed by atoms with Crippen LogP contribution in [0.1, 0.15) is 26.7 Å². The second kappa shape index (κ2) is 7.19. The number of methoxy groups -OCH3 is 1. The molecule has 0 aliphatic carbocycles. The van der Waals surface area contributed by atoms with Crippen molar-refractivity contribution in [2.75, 3.05) is 20.2 Å². The number of carbonyl (C=O) groups is 2. The molecule has 2 unspecified atom stereocenters. The Morgan fingerprint density at radius 1 is 1.38 bits per heavy atom. The first-order chi connectivity index (χ1) is 9.69. The molecule has 0 bridgehead atoms.